The average Bonchev–Trinajstić information content (AvgIpc) is 2.20. The third-order valence-corrected chi connectivity index (χ3v) is 1.34. The number of phenols is 1. The molecule has 3 heteroatoms. The summed E-state index contributed by atoms with van der Waals surface area (Å²) in [6.07, 6.45) is 1.95. The van der Waals surface area contributed by atoms with Gasteiger partial charge in [0, 0.05) is 5.56 Å². The average molecular weight is 196 g/mol. The Bertz CT molecular complexity index is 282. The SMILES string of the molecule is CCC.COc1cc(C=O)ccc1O. The molecule has 0 radical (unpaired) electrons. The second kappa shape index (κ2) is 6.95. The second-order valence-electron chi connectivity index (χ2n) is 2.76. The highest BCUT2D eigenvalue weighted by Crippen LogP contribution is 2.25. The molecule has 1 aromatic carbocycles. The summed E-state index contributed by atoms with van der Waals surface area (Å²) in [4.78, 5) is 10.2. The van der Waals surface area contributed by atoms with Crippen LogP contribution in [0.2, 0.25) is 0 Å². The van der Waals surface area contributed by atoms with Crippen molar-refractivity contribution >= 4 is 6.29 Å². The van der Waals surface area contributed by atoms with E-state index in [2.05, 4.69) is 13.8 Å². The number of hydrogen-bond acceptors (Lipinski definition) is 3. The van der Waals surface area contributed by atoms with Gasteiger partial charge in [0.1, 0.15) is 6.29 Å². The molecule has 0 spiro atoms. The summed E-state index contributed by atoms with van der Waals surface area (Å²) >= 11 is 0. The number of rotatable bonds is 2. The van der Waals surface area contributed by atoms with E-state index in [-0.39, 0.29) is 5.75 Å². The first-order valence-corrected chi connectivity index (χ1v) is 4.51. The van der Waals surface area contributed by atoms with E-state index in [0.29, 0.717) is 17.6 Å². The monoisotopic (exact) mass is 196 g/mol. The van der Waals surface area contributed by atoms with Gasteiger partial charge in [-0.05, 0) is 18.2 Å². The minimum absolute atomic E-state index is 0.0399. The van der Waals surface area contributed by atoms with Gasteiger partial charge in [0.05, 0.1) is 7.11 Å². The summed E-state index contributed by atoms with van der Waals surface area (Å²) in [6.45, 7) is 4.25. The van der Waals surface area contributed by atoms with Gasteiger partial charge in [-0.2, -0.15) is 0 Å². The number of aromatic hydroxyl groups is 1. The number of aldehydes is 1. The number of carbonyl (C=O) groups is 1. The van der Waals surface area contributed by atoms with Crippen molar-refractivity contribution in [2.24, 2.45) is 0 Å². The molecule has 0 aliphatic carbocycles. The van der Waals surface area contributed by atoms with Gasteiger partial charge in [0.2, 0.25) is 0 Å². The van der Waals surface area contributed by atoms with Crippen molar-refractivity contribution < 1.29 is 14.6 Å². The molecule has 3 nitrogen and oxygen atoms in total. The first-order chi connectivity index (χ1) is 6.69. The van der Waals surface area contributed by atoms with E-state index in [1.54, 1.807) is 0 Å². The number of hydrogen-bond donors (Lipinski definition) is 1. The van der Waals surface area contributed by atoms with Crippen LogP contribution in [-0.2, 0) is 0 Å². The first-order valence-electron chi connectivity index (χ1n) is 4.51. The molecule has 1 aromatic rings. The van der Waals surface area contributed by atoms with Gasteiger partial charge in [-0.1, -0.05) is 20.3 Å². The normalized spacial score (nSPS) is 8.50. The van der Waals surface area contributed by atoms with E-state index >= 15 is 0 Å². The van der Waals surface area contributed by atoms with Gasteiger partial charge in [-0.15, -0.1) is 0 Å². The van der Waals surface area contributed by atoms with Crippen LogP contribution < -0.4 is 4.74 Å². The highest BCUT2D eigenvalue weighted by molar-refractivity contribution is 5.76. The van der Waals surface area contributed by atoms with E-state index in [9.17, 15) is 4.79 Å². The molecule has 0 bridgehead atoms. The molecule has 14 heavy (non-hydrogen) atoms. The molecule has 0 unspecified atom stereocenters. The Morgan fingerprint density at radius 1 is 1.43 bits per heavy atom. The molecule has 0 fully saturated rings. The van der Waals surface area contributed by atoms with E-state index < -0.39 is 0 Å². The predicted octanol–water partition coefficient (Wildman–Crippen LogP) is 2.63. The van der Waals surface area contributed by atoms with Gasteiger partial charge >= 0.3 is 0 Å². The zero-order chi connectivity index (χ0) is 11.0. The van der Waals surface area contributed by atoms with Gasteiger partial charge in [0.15, 0.2) is 11.5 Å². The molecule has 0 atom stereocenters. The summed E-state index contributed by atoms with van der Waals surface area (Å²) in [5.41, 5.74) is 0.486. The smallest absolute Gasteiger partial charge is 0.161 e. The van der Waals surface area contributed by atoms with Crippen LogP contribution in [0.25, 0.3) is 0 Å². The van der Waals surface area contributed by atoms with E-state index in [1.165, 1.54) is 31.7 Å². The Labute approximate surface area is 84.3 Å². The maximum atomic E-state index is 10.2. The fraction of sp³-hybridized carbons (Fsp3) is 0.364. The van der Waals surface area contributed by atoms with Crippen molar-refractivity contribution in [2.45, 2.75) is 20.3 Å². The van der Waals surface area contributed by atoms with Crippen LogP contribution in [0.4, 0.5) is 0 Å². The lowest BCUT2D eigenvalue weighted by Gasteiger charge is -2.01. The van der Waals surface area contributed by atoms with Crippen LogP contribution in [-0.4, -0.2) is 18.5 Å². The van der Waals surface area contributed by atoms with Gasteiger partial charge < -0.3 is 9.84 Å². The van der Waals surface area contributed by atoms with Crippen molar-refractivity contribution in [1.29, 1.82) is 0 Å². The standard InChI is InChI=1S/C8H8O3.C3H8/c1-11-8-4-6(5-9)2-3-7(8)10;1-3-2/h2-5,10H,1H3;3H2,1-2H3. The number of ether oxygens (including phenoxy) is 1. The van der Waals surface area contributed by atoms with Crippen molar-refractivity contribution in [3.05, 3.63) is 23.8 Å². The molecule has 0 aliphatic heterocycles. The summed E-state index contributed by atoms with van der Waals surface area (Å²) in [5, 5.41) is 9.09. The van der Waals surface area contributed by atoms with E-state index in [4.69, 9.17) is 9.84 Å². The van der Waals surface area contributed by atoms with Crippen molar-refractivity contribution in [1.82, 2.24) is 0 Å². The minimum atomic E-state index is 0.0399. The lowest BCUT2D eigenvalue weighted by molar-refractivity contribution is 0.112. The highest BCUT2D eigenvalue weighted by atomic mass is 16.5. The molecule has 1 rings (SSSR count). The summed E-state index contributed by atoms with van der Waals surface area (Å²) < 4.78 is 4.78. The number of carbonyl (C=O) groups excluding carboxylic acids is 1. The van der Waals surface area contributed by atoms with Crippen LogP contribution in [0, 0.1) is 0 Å². The molecule has 0 heterocycles. The largest absolute Gasteiger partial charge is 0.504 e. The Morgan fingerprint density at radius 3 is 2.43 bits per heavy atom. The molecule has 0 amide bonds. The topological polar surface area (TPSA) is 46.5 Å². The fourth-order valence-corrected chi connectivity index (χ4v) is 0.768. The lowest BCUT2D eigenvalue weighted by Crippen LogP contribution is -1.85. The van der Waals surface area contributed by atoms with Gasteiger partial charge in [-0.3, -0.25) is 4.79 Å². The molecule has 0 saturated heterocycles. The molecular formula is C11H16O3. The predicted molar refractivity (Wildman–Crippen MR) is 56.0 cm³/mol. The Kier molecular flexibility index (Phi) is 6.20. The highest BCUT2D eigenvalue weighted by Gasteiger charge is 2.00. The molecule has 0 saturated carbocycles. The quantitative estimate of drug-likeness (QED) is 0.739. The Balaban J connectivity index is 0.000000500. The fourth-order valence-electron chi connectivity index (χ4n) is 0.768. The number of benzene rings is 1. The Hall–Kier alpha value is -1.51. The third kappa shape index (κ3) is 3.94. The van der Waals surface area contributed by atoms with Crippen molar-refractivity contribution in [3.63, 3.8) is 0 Å². The molecule has 78 valence electrons. The molecular weight excluding hydrogens is 180 g/mol. The maximum absolute atomic E-state index is 10.2. The van der Waals surface area contributed by atoms with E-state index in [1.807, 2.05) is 0 Å². The van der Waals surface area contributed by atoms with Crippen LogP contribution in [0.5, 0.6) is 11.5 Å². The molecule has 1 N–H and O–H groups in total. The van der Waals surface area contributed by atoms with Gasteiger partial charge in [-0.25, -0.2) is 0 Å². The molecule has 0 aromatic heterocycles. The summed E-state index contributed by atoms with van der Waals surface area (Å²) in [5.74, 6) is 0.354. The van der Waals surface area contributed by atoms with Crippen LogP contribution in [0.1, 0.15) is 30.6 Å². The first kappa shape index (κ1) is 12.5. The zero-order valence-corrected chi connectivity index (χ0v) is 8.78. The number of phenolic OH excluding ortho intramolecular Hbond substituents is 1. The minimum Gasteiger partial charge on any atom is -0.504 e. The second-order valence-corrected chi connectivity index (χ2v) is 2.76. The Morgan fingerprint density at radius 2 is 2.00 bits per heavy atom. The maximum Gasteiger partial charge on any atom is 0.161 e. The zero-order valence-electron chi connectivity index (χ0n) is 8.78. The van der Waals surface area contributed by atoms with Crippen molar-refractivity contribution in [2.75, 3.05) is 7.11 Å². The van der Waals surface area contributed by atoms with E-state index in [0.717, 1.165) is 0 Å². The van der Waals surface area contributed by atoms with Crippen LogP contribution >= 0.6 is 0 Å². The van der Waals surface area contributed by atoms with Crippen LogP contribution in [0.15, 0.2) is 18.2 Å². The number of methoxy groups -OCH3 is 1. The summed E-state index contributed by atoms with van der Waals surface area (Å²) in [7, 11) is 1.43. The summed E-state index contributed by atoms with van der Waals surface area (Å²) in [6, 6.07) is 4.41. The van der Waals surface area contributed by atoms with Gasteiger partial charge in [0.25, 0.3) is 0 Å². The third-order valence-electron chi connectivity index (χ3n) is 1.34. The molecule has 0 aliphatic rings. The van der Waals surface area contributed by atoms with Crippen molar-refractivity contribution in [3.8, 4) is 11.5 Å². The lowest BCUT2D eigenvalue weighted by atomic mass is 10.2. The van der Waals surface area contributed by atoms with Crippen LogP contribution in [0.3, 0.4) is 0 Å².